The molecule has 0 aliphatic heterocycles. The summed E-state index contributed by atoms with van der Waals surface area (Å²) >= 11 is 0. The molecule has 0 atom stereocenters. The molecule has 0 amide bonds. The number of nitrogens with zero attached hydrogens (tertiary/aromatic N) is 3. The Bertz CT molecular complexity index is 1350. The van der Waals surface area contributed by atoms with Crippen molar-refractivity contribution >= 4 is 43.1 Å². The van der Waals surface area contributed by atoms with Gasteiger partial charge >= 0.3 is 208 Å². The van der Waals surface area contributed by atoms with Crippen molar-refractivity contribution in [3.8, 4) is 0 Å². The summed E-state index contributed by atoms with van der Waals surface area (Å²) < 4.78 is 16.2. The molecule has 0 unspecified atom stereocenters. The van der Waals surface area contributed by atoms with Crippen LogP contribution < -0.4 is 21.2 Å². The standard InChI is InChI=1S/C28H26BN3OP2/c29-34(25-13-5-1-6-14-25,26-15-7-2-8-16-26)22-24-21-32(31-30-24)23-35(33,27-17-9-3-10-18-27)28-19-11-4-12-20-28/h1-22H,23,29H2. The summed E-state index contributed by atoms with van der Waals surface area (Å²) in [6.45, 7) is 0. The van der Waals surface area contributed by atoms with Crippen molar-refractivity contribution < 1.29 is 4.57 Å². The van der Waals surface area contributed by atoms with E-state index in [0.29, 0.717) is 0 Å². The minimum absolute atomic E-state index is 0.258. The molecule has 1 aromatic heterocycles. The van der Waals surface area contributed by atoms with Gasteiger partial charge in [-0.15, -0.1) is 0 Å². The predicted octanol–water partition coefficient (Wildman–Crippen LogP) is 3.98. The second kappa shape index (κ2) is 10.1. The topological polar surface area (TPSA) is 47.8 Å². The first-order valence-corrected chi connectivity index (χ1v) is 15.7. The molecule has 172 valence electrons. The number of rotatable bonds is 8. The molecule has 1 heterocycles. The fourth-order valence-electron chi connectivity index (χ4n) is 4.33. The van der Waals surface area contributed by atoms with Gasteiger partial charge in [0.15, 0.2) is 0 Å². The van der Waals surface area contributed by atoms with Crippen LogP contribution in [0.25, 0.3) is 0 Å². The van der Waals surface area contributed by atoms with Crippen LogP contribution in [0.15, 0.2) is 128 Å². The fraction of sp³-hybridized carbons (Fsp3) is 0.0357. The van der Waals surface area contributed by atoms with Crippen molar-refractivity contribution in [3.05, 3.63) is 139 Å². The molecule has 35 heavy (non-hydrogen) atoms. The summed E-state index contributed by atoms with van der Waals surface area (Å²) in [6, 6.07) is 40.5. The van der Waals surface area contributed by atoms with Gasteiger partial charge in [0, 0.05) is 0 Å². The first-order valence-electron chi connectivity index (χ1n) is 11.5. The predicted molar refractivity (Wildman–Crippen MR) is 151 cm³/mol. The van der Waals surface area contributed by atoms with E-state index in [4.69, 9.17) is 0 Å². The van der Waals surface area contributed by atoms with Crippen LogP contribution in [-0.4, -0.2) is 22.6 Å². The first-order chi connectivity index (χ1) is 17.1. The van der Waals surface area contributed by atoms with Crippen LogP contribution in [-0.2, 0) is 10.9 Å². The minimum atomic E-state index is -2.94. The van der Waals surface area contributed by atoms with Crippen LogP contribution in [0.5, 0.6) is 0 Å². The zero-order valence-electron chi connectivity index (χ0n) is 19.6. The van der Waals surface area contributed by atoms with E-state index < -0.39 is 14.3 Å². The van der Waals surface area contributed by atoms with Gasteiger partial charge in [-0.1, -0.05) is 0 Å². The molecule has 0 saturated carbocycles. The van der Waals surface area contributed by atoms with E-state index in [1.165, 1.54) is 10.6 Å². The molecule has 4 aromatic carbocycles. The summed E-state index contributed by atoms with van der Waals surface area (Å²) in [6.07, 6.45) is 4.42. The summed E-state index contributed by atoms with van der Waals surface area (Å²) in [5, 5.41) is 13.1. The summed E-state index contributed by atoms with van der Waals surface area (Å²) in [5.41, 5.74) is 0.793. The van der Waals surface area contributed by atoms with Gasteiger partial charge in [-0.2, -0.15) is 0 Å². The third kappa shape index (κ3) is 4.89. The summed E-state index contributed by atoms with van der Waals surface area (Å²) in [7, 11) is -2.50. The molecule has 7 heteroatoms. The third-order valence-corrected chi connectivity index (χ3v) is 12.7. The van der Waals surface area contributed by atoms with Gasteiger partial charge in [-0.05, 0) is 0 Å². The molecule has 0 bridgehead atoms. The van der Waals surface area contributed by atoms with Crippen molar-refractivity contribution in [3.63, 3.8) is 0 Å². The molecule has 0 fully saturated rings. The molecule has 5 rings (SSSR count). The molecular weight excluding hydrogens is 467 g/mol. The summed E-state index contributed by atoms with van der Waals surface area (Å²) in [4.78, 5) is 0. The van der Waals surface area contributed by atoms with Gasteiger partial charge in [-0.25, -0.2) is 0 Å². The van der Waals surface area contributed by atoms with Crippen LogP contribution in [0.2, 0.25) is 0 Å². The van der Waals surface area contributed by atoms with Gasteiger partial charge in [0.25, 0.3) is 0 Å². The monoisotopic (exact) mass is 493 g/mol. The Morgan fingerprint density at radius 2 is 1.14 bits per heavy atom. The SMILES string of the molecule is B[P-]([CH+]c1cn(CP(=O)(c2ccccc2)c2ccccc2)nn1)(c1ccccc1)c1ccccc1. The number of hydrogen-bond acceptors (Lipinski definition) is 3. The Morgan fingerprint density at radius 3 is 1.60 bits per heavy atom. The average molecular weight is 493 g/mol. The number of hydrogen-bond donors (Lipinski definition) is 0. The molecule has 4 nitrogen and oxygen atoms in total. The molecular formula is C28H26BN3OP2. The van der Waals surface area contributed by atoms with Crippen LogP contribution in [0.3, 0.4) is 0 Å². The van der Waals surface area contributed by atoms with Crippen molar-refractivity contribution in [2.75, 3.05) is 0 Å². The first kappa shape index (κ1) is 23.4. The Balaban J connectivity index is 1.49. The molecule has 0 N–H and O–H groups in total. The van der Waals surface area contributed by atoms with Crippen molar-refractivity contribution in [2.24, 2.45) is 0 Å². The van der Waals surface area contributed by atoms with Gasteiger partial charge in [0.05, 0.1) is 0 Å². The van der Waals surface area contributed by atoms with Crippen molar-refractivity contribution in [1.29, 1.82) is 0 Å². The molecule has 0 saturated heterocycles. The van der Waals surface area contributed by atoms with E-state index in [1.54, 1.807) is 4.68 Å². The zero-order chi connectivity index (χ0) is 24.1. The molecule has 0 aliphatic carbocycles. The Hall–Kier alpha value is -3.39. The summed E-state index contributed by atoms with van der Waals surface area (Å²) in [5.74, 6) is 0. The van der Waals surface area contributed by atoms with E-state index in [2.05, 4.69) is 72.6 Å². The Morgan fingerprint density at radius 1 is 0.714 bits per heavy atom. The van der Waals surface area contributed by atoms with Crippen LogP contribution in [0.1, 0.15) is 5.69 Å². The van der Waals surface area contributed by atoms with E-state index in [1.807, 2.05) is 79.0 Å². The van der Waals surface area contributed by atoms with Crippen LogP contribution in [0, 0.1) is 6.16 Å². The van der Waals surface area contributed by atoms with Gasteiger partial charge in [-0.3, -0.25) is 0 Å². The Kier molecular flexibility index (Phi) is 6.73. The molecule has 0 aliphatic rings. The van der Waals surface area contributed by atoms with Crippen LogP contribution >= 0.6 is 14.3 Å². The van der Waals surface area contributed by atoms with Gasteiger partial charge in [0.2, 0.25) is 0 Å². The van der Waals surface area contributed by atoms with Gasteiger partial charge in [0.1, 0.15) is 0 Å². The molecule has 0 spiro atoms. The second-order valence-electron chi connectivity index (χ2n) is 8.61. The number of aromatic nitrogens is 3. The van der Waals surface area contributed by atoms with E-state index >= 15 is 0 Å². The van der Waals surface area contributed by atoms with E-state index in [0.717, 1.165) is 16.3 Å². The fourth-order valence-corrected chi connectivity index (χ4v) is 9.64. The second-order valence-corrected chi connectivity index (χ2v) is 14.8. The number of benzene rings is 4. The van der Waals surface area contributed by atoms with E-state index in [-0.39, 0.29) is 6.29 Å². The van der Waals surface area contributed by atoms with Gasteiger partial charge < -0.3 is 0 Å². The maximum absolute atomic E-state index is 14.4. The molecule has 0 radical (unpaired) electrons. The maximum atomic E-state index is 14.4. The third-order valence-electron chi connectivity index (χ3n) is 6.22. The quantitative estimate of drug-likeness (QED) is 0.187. The van der Waals surface area contributed by atoms with Crippen molar-refractivity contribution in [2.45, 2.75) is 6.29 Å². The zero-order valence-corrected chi connectivity index (χ0v) is 21.3. The molecule has 5 aromatic rings. The Labute approximate surface area is 208 Å². The normalized spacial score (nSPS) is 12.2. The average Bonchev–Trinajstić information content (AvgIpc) is 3.36. The van der Waals surface area contributed by atoms with E-state index in [9.17, 15) is 4.57 Å². The van der Waals surface area contributed by atoms with Crippen LogP contribution in [0.4, 0.5) is 0 Å². The van der Waals surface area contributed by atoms with Crippen molar-refractivity contribution in [1.82, 2.24) is 15.0 Å².